The van der Waals surface area contributed by atoms with Crippen molar-refractivity contribution in [1.29, 1.82) is 0 Å². The van der Waals surface area contributed by atoms with Gasteiger partial charge in [-0.05, 0) is 68.4 Å². The first-order chi connectivity index (χ1) is 17.5. The maximum Gasteiger partial charge on any atom is 0.277 e. The lowest BCUT2D eigenvalue weighted by Gasteiger charge is -2.24. The molecule has 1 heterocycles. The molecule has 0 spiro atoms. The Labute approximate surface area is 213 Å². The second-order valence-electron chi connectivity index (χ2n) is 8.53. The van der Waals surface area contributed by atoms with Crippen LogP contribution in [-0.2, 0) is 20.0 Å². The van der Waals surface area contributed by atoms with Crippen LogP contribution in [0.1, 0.15) is 11.1 Å². The molecule has 0 aliphatic rings. The molecule has 2 N–H and O–H groups in total. The molecule has 0 saturated heterocycles. The number of anilines is 1. The lowest BCUT2D eigenvalue weighted by Crippen LogP contribution is -2.37. The van der Waals surface area contributed by atoms with Gasteiger partial charge < -0.3 is 10.2 Å². The Morgan fingerprint density at radius 3 is 1.68 bits per heavy atom. The number of nitrogens with zero attached hydrogens (tertiary/aromatic N) is 3. The zero-order chi connectivity index (χ0) is 26.5. The van der Waals surface area contributed by atoms with Gasteiger partial charge in [0.15, 0.2) is 11.5 Å². The molecule has 37 heavy (non-hydrogen) atoms. The Morgan fingerprint density at radius 1 is 0.622 bits per heavy atom. The number of benzene rings is 4. The smallest absolute Gasteiger partial charge is 0.277 e. The minimum absolute atomic E-state index is 0.0148. The highest BCUT2D eigenvalue weighted by Gasteiger charge is 2.37. The van der Waals surface area contributed by atoms with E-state index >= 15 is 0 Å². The number of phenols is 2. The van der Waals surface area contributed by atoms with Gasteiger partial charge in [0.05, 0.1) is 32.0 Å². The third-order valence-corrected chi connectivity index (χ3v) is 10.0. The van der Waals surface area contributed by atoms with Crippen molar-refractivity contribution in [2.45, 2.75) is 23.6 Å². The molecule has 0 aliphatic heterocycles. The zero-order valence-electron chi connectivity index (χ0n) is 19.7. The molecule has 0 saturated carbocycles. The lowest BCUT2D eigenvalue weighted by molar-refractivity contribution is 0.407. The SMILES string of the molecule is Cc1ccc(S(=O)(=O)N(c2ccc3nc4ccc(O)c(O)c4nc3c2)S(=O)(=O)c2ccc(C)cc2)cc1. The van der Waals surface area contributed by atoms with Crippen LogP contribution in [0.3, 0.4) is 0 Å². The Bertz CT molecular complexity index is 1810. The zero-order valence-corrected chi connectivity index (χ0v) is 21.3. The van der Waals surface area contributed by atoms with Crippen molar-refractivity contribution < 1.29 is 27.0 Å². The first kappa shape index (κ1) is 24.5. The van der Waals surface area contributed by atoms with Crippen LogP contribution < -0.4 is 3.71 Å². The van der Waals surface area contributed by atoms with Crippen molar-refractivity contribution in [1.82, 2.24) is 9.97 Å². The van der Waals surface area contributed by atoms with Gasteiger partial charge in [0.1, 0.15) is 5.52 Å². The van der Waals surface area contributed by atoms with Gasteiger partial charge in [-0.2, -0.15) is 3.71 Å². The quantitative estimate of drug-likeness (QED) is 0.250. The fourth-order valence-electron chi connectivity index (χ4n) is 3.84. The molecule has 5 rings (SSSR count). The molecule has 0 unspecified atom stereocenters. The highest BCUT2D eigenvalue weighted by atomic mass is 32.3. The van der Waals surface area contributed by atoms with Gasteiger partial charge in [-0.1, -0.05) is 35.4 Å². The van der Waals surface area contributed by atoms with E-state index in [-0.39, 0.29) is 26.5 Å². The summed E-state index contributed by atoms with van der Waals surface area (Å²) in [4.78, 5) is 8.30. The number of aromatic hydroxyl groups is 2. The molecule has 4 aromatic carbocycles. The Morgan fingerprint density at radius 2 is 1.14 bits per heavy atom. The highest BCUT2D eigenvalue weighted by molar-refractivity contribution is 8.10. The topological polar surface area (TPSA) is 138 Å². The molecular weight excluding hydrogens is 514 g/mol. The predicted octanol–water partition coefficient (Wildman–Crippen LogP) is 4.40. The van der Waals surface area contributed by atoms with E-state index in [1.165, 1.54) is 54.6 Å². The fourth-order valence-corrected chi connectivity index (χ4v) is 7.51. The molecule has 188 valence electrons. The average Bonchev–Trinajstić information content (AvgIpc) is 2.86. The van der Waals surface area contributed by atoms with Crippen LogP contribution in [-0.4, -0.2) is 37.0 Å². The fraction of sp³-hybridized carbons (Fsp3) is 0.0769. The van der Waals surface area contributed by atoms with Gasteiger partial charge in [0.2, 0.25) is 0 Å². The van der Waals surface area contributed by atoms with Crippen molar-refractivity contribution in [3.05, 3.63) is 90.0 Å². The van der Waals surface area contributed by atoms with Gasteiger partial charge in [0, 0.05) is 0 Å². The van der Waals surface area contributed by atoms with Gasteiger partial charge in [-0.25, -0.2) is 26.8 Å². The first-order valence-corrected chi connectivity index (χ1v) is 13.9. The van der Waals surface area contributed by atoms with E-state index in [2.05, 4.69) is 9.97 Å². The van der Waals surface area contributed by atoms with Crippen molar-refractivity contribution in [2.24, 2.45) is 0 Å². The van der Waals surface area contributed by atoms with E-state index in [9.17, 15) is 27.0 Å². The monoisotopic (exact) mass is 535 g/mol. The summed E-state index contributed by atoms with van der Waals surface area (Å²) in [7, 11) is -9.21. The van der Waals surface area contributed by atoms with E-state index < -0.39 is 31.5 Å². The van der Waals surface area contributed by atoms with Crippen molar-refractivity contribution in [3.8, 4) is 11.5 Å². The summed E-state index contributed by atoms with van der Waals surface area (Å²) in [5.74, 6) is -0.892. The molecule has 0 radical (unpaired) electrons. The molecule has 5 aromatic rings. The third-order valence-electron chi connectivity index (χ3n) is 5.83. The summed E-state index contributed by atoms with van der Waals surface area (Å²) >= 11 is 0. The van der Waals surface area contributed by atoms with E-state index in [1.807, 2.05) is 0 Å². The molecule has 0 aliphatic carbocycles. The van der Waals surface area contributed by atoms with Crippen molar-refractivity contribution in [3.63, 3.8) is 0 Å². The Hall–Kier alpha value is -4.22. The van der Waals surface area contributed by atoms with Crippen LogP contribution in [0, 0.1) is 13.8 Å². The van der Waals surface area contributed by atoms with Crippen LogP contribution in [0.2, 0.25) is 0 Å². The highest BCUT2D eigenvalue weighted by Crippen LogP contribution is 2.35. The summed E-state index contributed by atoms with van der Waals surface area (Å²) in [6.45, 7) is 3.58. The first-order valence-electron chi connectivity index (χ1n) is 11.0. The molecule has 0 fully saturated rings. The standard InChI is InChI=1S/C26H21N3O6S2/c1-16-3-8-19(9-4-16)36(32,33)29(37(34,35)20-10-5-17(2)6-11-20)18-7-12-21-23(15-18)28-25-22(27-21)13-14-24(30)26(25)31/h3-15,30-31H,1-2H3. The van der Waals surface area contributed by atoms with Crippen LogP contribution >= 0.6 is 0 Å². The lowest BCUT2D eigenvalue weighted by atomic mass is 10.2. The van der Waals surface area contributed by atoms with E-state index in [4.69, 9.17) is 0 Å². The minimum Gasteiger partial charge on any atom is -0.504 e. The number of fused-ring (bicyclic) bond motifs is 2. The molecular formula is C26H21N3O6S2. The number of rotatable bonds is 5. The van der Waals surface area contributed by atoms with Gasteiger partial charge in [0.25, 0.3) is 20.0 Å². The van der Waals surface area contributed by atoms with E-state index in [1.54, 1.807) is 38.1 Å². The van der Waals surface area contributed by atoms with Crippen LogP contribution in [0.4, 0.5) is 5.69 Å². The molecule has 11 heteroatoms. The molecule has 1 aromatic heterocycles. The predicted molar refractivity (Wildman–Crippen MR) is 140 cm³/mol. The average molecular weight is 536 g/mol. The van der Waals surface area contributed by atoms with Gasteiger partial charge >= 0.3 is 0 Å². The molecule has 0 atom stereocenters. The molecule has 0 bridgehead atoms. The van der Waals surface area contributed by atoms with Crippen molar-refractivity contribution in [2.75, 3.05) is 3.71 Å². The van der Waals surface area contributed by atoms with Gasteiger partial charge in [-0.15, -0.1) is 0 Å². The summed E-state index contributed by atoms with van der Waals surface area (Å²) in [5, 5.41) is 20.1. The maximum atomic E-state index is 13.8. The number of hydrogen-bond donors (Lipinski definition) is 2. The number of hydrogen-bond acceptors (Lipinski definition) is 8. The summed E-state index contributed by atoms with van der Waals surface area (Å²) in [6.07, 6.45) is 0. The van der Waals surface area contributed by atoms with Crippen LogP contribution in [0.5, 0.6) is 11.5 Å². The second-order valence-corrected chi connectivity index (χ2v) is 12.3. The largest absolute Gasteiger partial charge is 0.504 e. The third kappa shape index (κ3) is 4.21. The normalized spacial score (nSPS) is 12.2. The number of phenolic OH excluding ortho intramolecular Hbond substituents is 2. The Kier molecular flexibility index (Phi) is 5.76. The Balaban J connectivity index is 1.77. The van der Waals surface area contributed by atoms with Crippen molar-refractivity contribution >= 4 is 47.8 Å². The minimum atomic E-state index is -4.61. The molecule has 0 amide bonds. The number of sulfonamides is 2. The summed E-state index contributed by atoms with van der Waals surface area (Å²) in [5.41, 5.74) is 2.16. The van der Waals surface area contributed by atoms with Gasteiger partial charge in [-0.3, -0.25) is 0 Å². The van der Waals surface area contributed by atoms with Crippen LogP contribution in [0.25, 0.3) is 22.1 Å². The number of aromatic nitrogens is 2. The van der Waals surface area contributed by atoms with E-state index in [0.29, 0.717) is 14.7 Å². The number of aryl methyl sites for hydroxylation is 2. The summed E-state index contributed by atoms with van der Waals surface area (Å²) < 4.78 is 55.6. The second kappa shape index (κ2) is 8.71. The molecule has 9 nitrogen and oxygen atoms in total. The van der Waals surface area contributed by atoms with E-state index in [0.717, 1.165) is 11.1 Å². The summed E-state index contributed by atoms with van der Waals surface area (Å²) in [6, 6.07) is 18.5. The van der Waals surface area contributed by atoms with Crippen LogP contribution in [0.15, 0.2) is 88.7 Å². The maximum absolute atomic E-state index is 13.8.